The van der Waals surface area contributed by atoms with Gasteiger partial charge in [0.15, 0.2) is 0 Å². The third-order valence-corrected chi connectivity index (χ3v) is 5.37. The lowest BCUT2D eigenvalue weighted by atomic mass is 10.0. The first-order valence-electron chi connectivity index (χ1n) is 9.99. The summed E-state index contributed by atoms with van der Waals surface area (Å²) in [5.74, 6) is 1.45. The Bertz CT molecular complexity index is 1120. The summed E-state index contributed by atoms with van der Waals surface area (Å²) in [6.45, 7) is 7.92. The molecule has 8 heteroatoms. The molecule has 1 aliphatic rings. The maximum absolute atomic E-state index is 12.6. The molecule has 8 nitrogen and oxygen atoms in total. The minimum Gasteiger partial charge on any atom is -0.356 e. The van der Waals surface area contributed by atoms with Gasteiger partial charge in [-0.2, -0.15) is 4.98 Å². The van der Waals surface area contributed by atoms with Gasteiger partial charge in [-0.3, -0.25) is 4.79 Å². The lowest BCUT2D eigenvalue weighted by molar-refractivity contribution is -0.117. The number of fused-ring (bicyclic) bond motifs is 1. The van der Waals surface area contributed by atoms with Crippen molar-refractivity contribution in [1.29, 1.82) is 0 Å². The summed E-state index contributed by atoms with van der Waals surface area (Å²) in [7, 11) is 0. The van der Waals surface area contributed by atoms with E-state index in [1.54, 1.807) is 6.20 Å². The quantitative estimate of drug-likeness (QED) is 0.734. The Morgan fingerprint density at radius 1 is 1.28 bits per heavy atom. The van der Waals surface area contributed by atoms with Crippen LogP contribution < -0.4 is 15.9 Å². The van der Waals surface area contributed by atoms with Crippen LogP contribution in [0.3, 0.4) is 0 Å². The van der Waals surface area contributed by atoms with Gasteiger partial charge in [0, 0.05) is 25.0 Å². The van der Waals surface area contributed by atoms with E-state index in [1.807, 2.05) is 38.1 Å². The SMILES string of the molecule is Cc1ccc(NC(=O)Cn2nc3nc(N4CCC[C@@H](C)C4)ccn3c2=O)c(C)c1. The smallest absolute Gasteiger partial charge is 0.352 e. The Morgan fingerprint density at radius 3 is 2.86 bits per heavy atom. The number of aryl methyl sites for hydroxylation is 2. The Balaban J connectivity index is 1.53. The molecule has 1 aromatic carbocycles. The third kappa shape index (κ3) is 4.01. The average Bonchev–Trinajstić information content (AvgIpc) is 2.99. The molecule has 1 N–H and O–H groups in total. The minimum absolute atomic E-state index is 0.161. The molecule has 0 aliphatic carbocycles. The number of rotatable bonds is 4. The van der Waals surface area contributed by atoms with E-state index in [0.717, 1.165) is 46.8 Å². The summed E-state index contributed by atoms with van der Waals surface area (Å²) in [6.07, 6.45) is 4.04. The van der Waals surface area contributed by atoms with Crippen LogP contribution in [0.15, 0.2) is 35.3 Å². The van der Waals surface area contributed by atoms with Gasteiger partial charge in [-0.15, -0.1) is 5.10 Å². The number of nitrogens with zero attached hydrogens (tertiary/aromatic N) is 5. The van der Waals surface area contributed by atoms with Crippen LogP contribution in [-0.4, -0.2) is 38.2 Å². The summed E-state index contributed by atoms with van der Waals surface area (Å²) in [6, 6.07) is 7.64. The molecule has 0 saturated carbocycles. The normalized spacial score (nSPS) is 16.9. The van der Waals surface area contributed by atoms with Crippen molar-refractivity contribution in [2.45, 2.75) is 40.2 Å². The first kappa shape index (κ1) is 19.2. The predicted octanol–water partition coefficient (Wildman–Crippen LogP) is 2.38. The lowest BCUT2D eigenvalue weighted by Crippen LogP contribution is -2.35. The molecule has 1 saturated heterocycles. The first-order chi connectivity index (χ1) is 13.9. The fourth-order valence-electron chi connectivity index (χ4n) is 3.85. The van der Waals surface area contributed by atoms with Crippen molar-refractivity contribution in [3.8, 4) is 0 Å². The van der Waals surface area contributed by atoms with Gasteiger partial charge in [-0.05, 0) is 50.3 Å². The molecule has 1 aliphatic heterocycles. The summed E-state index contributed by atoms with van der Waals surface area (Å²) in [5, 5.41) is 7.12. The van der Waals surface area contributed by atoms with Crippen molar-refractivity contribution in [2.75, 3.05) is 23.3 Å². The van der Waals surface area contributed by atoms with Gasteiger partial charge in [0.2, 0.25) is 5.91 Å². The number of piperidine rings is 1. The van der Waals surface area contributed by atoms with Gasteiger partial charge in [0.1, 0.15) is 12.4 Å². The number of anilines is 2. The fraction of sp³-hybridized carbons (Fsp3) is 0.429. The van der Waals surface area contributed by atoms with Gasteiger partial charge < -0.3 is 10.2 Å². The van der Waals surface area contributed by atoms with Crippen molar-refractivity contribution in [3.63, 3.8) is 0 Å². The average molecular weight is 394 g/mol. The predicted molar refractivity (Wildman–Crippen MR) is 112 cm³/mol. The van der Waals surface area contributed by atoms with Crippen LogP contribution >= 0.6 is 0 Å². The zero-order valence-corrected chi connectivity index (χ0v) is 17.1. The van der Waals surface area contributed by atoms with Gasteiger partial charge >= 0.3 is 5.69 Å². The highest BCUT2D eigenvalue weighted by Crippen LogP contribution is 2.21. The van der Waals surface area contributed by atoms with E-state index in [2.05, 4.69) is 27.2 Å². The van der Waals surface area contributed by atoms with Crippen molar-refractivity contribution in [1.82, 2.24) is 19.2 Å². The number of carbonyl (C=O) groups is 1. The maximum Gasteiger partial charge on any atom is 0.352 e. The molecular formula is C21H26N6O2. The Hall–Kier alpha value is -3.16. The molecule has 1 atom stereocenters. The Morgan fingerprint density at radius 2 is 2.10 bits per heavy atom. The molecule has 3 aromatic rings. The van der Waals surface area contributed by atoms with Crippen molar-refractivity contribution < 1.29 is 4.79 Å². The highest BCUT2D eigenvalue weighted by atomic mass is 16.2. The number of benzene rings is 1. The van der Waals surface area contributed by atoms with Crippen molar-refractivity contribution >= 4 is 23.2 Å². The molecule has 152 valence electrons. The van der Waals surface area contributed by atoms with E-state index in [9.17, 15) is 9.59 Å². The zero-order valence-electron chi connectivity index (χ0n) is 17.1. The first-order valence-corrected chi connectivity index (χ1v) is 9.99. The van der Waals surface area contributed by atoms with Gasteiger partial charge in [0.25, 0.3) is 5.78 Å². The molecule has 1 amide bonds. The minimum atomic E-state index is -0.373. The maximum atomic E-state index is 12.6. The van der Waals surface area contributed by atoms with Crippen LogP contribution in [-0.2, 0) is 11.3 Å². The van der Waals surface area contributed by atoms with Crippen LogP contribution in [0, 0.1) is 19.8 Å². The van der Waals surface area contributed by atoms with E-state index in [4.69, 9.17) is 0 Å². The van der Waals surface area contributed by atoms with E-state index < -0.39 is 0 Å². The van der Waals surface area contributed by atoms with Crippen LogP contribution in [0.4, 0.5) is 11.5 Å². The number of carbonyl (C=O) groups excluding carboxylic acids is 1. The molecule has 4 rings (SSSR count). The van der Waals surface area contributed by atoms with Crippen LogP contribution in [0.1, 0.15) is 30.9 Å². The second kappa shape index (κ2) is 7.69. The Kier molecular flexibility index (Phi) is 5.08. The summed E-state index contributed by atoms with van der Waals surface area (Å²) >= 11 is 0. The van der Waals surface area contributed by atoms with Crippen LogP contribution in [0.5, 0.6) is 0 Å². The van der Waals surface area contributed by atoms with Crippen LogP contribution in [0.25, 0.3) is 5.78 Å². The Labute approximate surface area is 169 Å². The van der Waals surface area contributed by atoms with E-state index in [-0.39, 0.29) is 18.1 Å². The number of hydrogen-bond acceptors (Lipinski definition) is 5. The summed E-state index contributed by atoms with van der Waals surface area (Å²) < 4.78 is 2.53. The molecule has 3 heterocycles. The zero-order chi connectivity index (χ0) is 20.5. The second-order valence-corrected chi connectivity index (χ2v) is 7.96. The molecule has 0 unspecified atom stereocenters. The molecular weight excluding hydrogens is 368 g/mol. The van der Waals surface area contributed by atoms with Crippen molar-refractivity contribution in [3.05, 3.63) is 52.1 Å². The topological polar surface area (TPSA) is 84.5 Å². The number of aromatic nitrogens is 4. The van der Waals surface area contributed by atoms with Gasteiger partial charge in [-0.25, -0.2) is 13.9 Å². The van der Waals surface area contributed by atoms with Crippen molar-refractivity contribution in [2.24, 2.45) is 5.92 Å². The van der Waals surface area contributed by atoms with E-state index >= 15 is 0 Å². The van der Waals surface area contributed by atoms with E-state index in [1.165, 1.54) is 10.8 Å². The van der Waals surface area contributed by atoms with Crippen LogP contribution in [0.2, 0.25) is 0 Å². The fourth-order valence-corrected chi connectivity index (χ4v) is 3.85. The lowest BCUT2D eigenvalue weighted by Gasteiger charge is -2.31. The molecule has 0 radical (unpaired) electrons. The van der Waals surface area contributed by atoms with E-state index in [0.29, 0.717) is 11.7 Å². The number of nitrogens with one attached hydrogen (secondary N) is 1. The highest BCUT2D eigenvalue weighted by Gasteiger charge is 2.19. The van der Waals surface area contributed by atoms with Gasteiger partial charge in [-0.1, -0.05) is 24.6 Å². The number of amides is 1. The third-order valence-electron chi connectivity index (χ3n) is 5.37. The summed E-state index contributed by atoms with van der Waals surface area (Å²) in [4.78, 5) is 31.8. The molecule has 2 aromatic heterocycles. The highest BCUT2D eigenvalue weighted by molar-refractivity contribution is 5.91. The molecule has 0 spiro atoms. The second-order valence-electron chi connectivity index (χ2n) is 7.96. The van der Waals surface area contributed by atoms with Gasteiger partial charge in [0.05, 0.1) is 0 Å². The molecule has 29 heavy (non-hydrogen) atoms. The monoisotopic (exact) mass is 394 g/mol. The largest absolute Gasteiger partial charge is 0.356 e. The molecule has 0 bridgehead atoms. The number of hydrogen-bond donors (Lipinski definition) is 1. The summed E-state index contributed by atoms with van der Waals surface area (Å²) in [5.41, 5.74) is 2.46. The standard InChI is InChI=1S/C21H26N6O2/c1-14-6-7-17(16(3)11-14)22-19(28)13-27-21(29)26-10-8-18(23-20(26)24-27)25-9-4-5-15(2)12-25/h6-8,10-11,15H,4-5,9,12-13H2,1-3H3,(H,22,28)/t15-/m1/s1. The molecule has 1 fully saturated rings.